The average molecular weight is 519 g/mol. The third kappa shape index (κ3) is 4.92. The highest BCUT2D eigenvalue weighted by atomic mass is 16.6. The number of rotatable bonds is 6. The first-order chi connectivity index (χ1) is 18.0. The first-order valence-corrected chi connectivity index (χ1v) is 12.9. The maximum absolute atomic E-state index is 13.7. The molecule has 0 aromatic carbocycles. The van der Waals surface area contributed by atoms with Crippen molar-refractivity contribution in [2.75, 3.05) is 29.9 Å². The van der Waals surface area contributed by atoms with Gasteiger partial charge in [-0.15, -0.1) is 10.2 Å². The number of hydrogen-bond acceptors (Lipinski definition) is 8. The molecule has 0 N–H and O–H groups in total. The molecule has 0 spiro atoms. The molecule has 11 nitrogen and oxygen atoms in total. The third-order valence-electron chi connectivity index (χ3n) is 6.63. The van der Waals surface area contributed by atoms with Gasteiger partial charge in [-0.3, -0.25) is 9.69 Å². The predicted molar refractivity (Wildman–Crippen MR) is 143 cm³/mol. The normalized spacial score (nSPS) is 15.1. The summed E-state index contributed by atoms with van der Waals surface area (Å²) in [7, 11) is 1.68. The minimum Gasteiger partial charge on any atom is -0.444 e. The molecule has 0 atom stereocenters. The zero-order valence-corrected chi connectivity index (χ0v) is 22.8. The highest BCUT2D eigenvalue weighted by Crippen LogP contribution is 2.34. The van der Waals surface area contributed by atoms with Crippen molar-refractivity contribution in [1.82, 2.24) is 29.6 Å². The van der Waals surface area contributed by atoms with Crippen LogP contribution in [0.2, 0.25) is 0 Å². The molecule has 1 fully saturated rings. The number of hydrogen-bond donors (Lipinski definition) is 0. The summed E-state index contributed by atoms with van der Waals surface area (Å²) < 4.78 is 7.48. The first kappa shape index (κ1) is 25.6. The van der Waals surface area contributed by atoms with E-state index in [1.165, 1.54) is 4.90 Å². The number of carbonyl (C=O) groups is 2. The zero-order valence-electron chi connectivity index (χ0n) is 22.8. The Kier molecular flexibility index (Phi) is 6.54. The van der Waals surface area contributed by atoms with Crippen molar-refractivity contribution in [2.45, 2.75) is 65.8 Å². The van der Waals surface area contributed by atoms with Crippen molar-refractivity contribution in [3.05, 3.63) is 47.4 Å². The lowest BCUT2D eigenvalue weighted by Gasteiger charge is -2.33. The molecule has 0 bridgehead atoms. The van der Waals surface area contributed by atoms with Crippen molar-refractivity contribution >= 4 is 23.6 Å². The highest BCUT2D eigenvalue weighted by molar-refractivity contribution is 6.10. The lowest BCUT2D eigenvalue weighted by Crippen LogP contribution is -2.38. The van der Waals surface area contributed by atoms with Crippen LogP contribution in [0.1, 0.15) is 68.7 Å². The molecule has 0 aliphatic carbocycles. The van der Waals surface area contributed by atoms with E-state index < -0.39 is 11.7 Å². The van der Waals surface area contributed by atoms with E-state index in [9.17, 15) is 9.59 Å². The topological polar surface area (TPSA) is 110 Å². The molecule has 0 saturated carbocycles. The van der Waals surface area contributed by atoms with Crippen LogP contribution < -0.4 is 9.80 Å². The van der Waals surface area contributed by atoms with Gasteiger partial charge in [0.2, 0.25) is 0 Å². The second kappa shape index (κ2) is 9.70. The van der Waals surface area contributed by atoms with E-state index in [0.29, 0.717) is 35.1 Å². The maximum Gasteiger partial charge on any atom is 0.410 e. The van der Waals surface area contributed by atoms with Crippen LogP contribution in [0, 0.1) is 0 Å². The number of pyridine rings is 2. The number of amides is 2. The fraction of sp³-hybridized carbons (Fsp3) is 0.481. The van der Waals surface area contributed by atoms with Gasteiger partial charge >= 0.3 is 6.09 Å². The van der Waals surface area contributed by atoms with Crippen LogP contribution in [-0.4, -0.2) is 67.4 Å². The van der Waals surface area contributed by atoms with E-state index in [-0.39, 0.29) is 18.5 Å². The summed E-state index contributed by atoms with van der Waals surface area (Å²) >= 11 is 0. The molecule has 2 aliphatic rings. The van der Waals surface area contributed by atoms with E-state index in [2.05, 4.69) is 28.9 Å². The van der Waals surface area contributed by atoms with Gasteiger partial charge in [0.1, 0.15) is 29.3 Å². The molecular formula is C27H34N8O3. The second-order valence-electron chi connectivity index (χ2n) is 11.1. The van der Waals surface area contributed by atoms with E-state index >= 15 is 0 Å². The van der Waals surface area contributed by atoms with Crippen LogP contribution in [0.5, 0.6) is 0 Å². The summed E-state index contributed by atoms with van der Waals surface area (Å²) in [6.07, 6.45) is 2.33. The largest absolute Gasteiger partial charge is 0.444 e. The number of fused-ring (bicyclic) bond motifs is 1. The van der Waals surface area contributed by atoms with Crippen molar-refractivity contribution in [2.24, 2.45) is 0 Å². The quantitative estimate of drug-likeness (QED) is 0.481. The van der Waals surface area contributed by atoms with Gasteiger partial charge in [0.05, 0.1) is 24.3 Å². The van der Waals surface area contributed by atoms with E-state index in [4.69, 9.17) is 14.7 Å². The van der Waals surface area contributed by atoms with Crippen LogP contribution in [0.25, 0.3) is 11.5 Å². The average Bonchev–Trinajstić information content (AvgIpc) is 3.43. The molecule has 3 aromatic heterocycles. The lowest BCUT2D eigenvalue weighted by atomic mass is 10.1. The van der Waals surface area contributed by atoms with Crippen molar-refractivity contribution in [3.63, 3.8) is 0 Å². The monoisotopic (exact) mass is 518 g/mol. The van der Waals surface area contributed by atoms with Crippen molar-refractivity contribution in [1.29, 1.82) is 0 Å². The molecule has 0 radical (unpaired) electrons. The molecule has 38 heavy (non-hydrogen) atoms. The van der Waals surface area contributed by atoms with Crippen LogP contribution in [-0.2, 0) is 17.8 Å². The summed E-state index contributed by atoms with van der Waals surface area (Å²) in [4.78, 5) is 41.4. The number of anilines is 2. The SMILES string of the molecule is CC(C)n1cnnc1-c1cccc(N2Cc3c(cc(N4CCC4)nc3CN(C)C(=O)OC(C)(C)C)C2=O)n1. The summed E-state index contributed by atoms with van der Waals surface area (Å²) in [5, 5.41) is 8.30. The number of nitrogens with zero attached hydrogens (tertiary/aromatic N) is 8. The fourth-order valence-electron chi connectivity index (χ4n) is 4.51. The number of carbonyl (C=O) groups excluding carboxylic acids is 2. The van der Waals surface area contributed by atoms with Crippen LogP contribution >= 0.6 is 0 Å². The first-order valence-electron chi connectivity index (χ1n) is 12.9. The summed E-state index contributed by atoms with van der Waals surface area (Å²) in [6.45, 7) is 11.9. The predicted octanol–water partition coefficient (Wildman–Crippen LogP) is 4.05. The standard InChI is InChI=1S/C27H34N8O3/c1-17(2)35-16-28-31-24(35)20-9-7-10-22(29-20)34-14-19-18(25(34)36)13-23(33-11-8-12-33)30-21(19)15-32(6)26(37)38-27(3,4)5/h7,9-10,13,16-17H,8,11-12,14-15H2,1-6H3. The van der Waals surface area contributed by atoms with Crippen LogP contribution in [0.15, 0.2) is 30.6 Å². The van der Waals surface area contributed by atoms with E-state index in [1.807, 2.05) is 49.6 Å². The Bertz CT molecular complexity index is 1370. The minimum absolute atomic E-state index is 0.139. The van der Waals surface area contributed by atoms with Gasteiger partial charge in [-0.05, 0) is 59.2 Å². The Morgan fingerprint density at radius 1 is 1.16 bits per heavy atom. The second-order valence-corrected chi connectivity index (χ2v) is 11.1. The lowest BCUT2D eigenvalue weighted by molar-refractivity contribution is 0.0282. The van der Waals surface area contributed by atoms with Gasteiger partial charge < -0.3 is 19.1 Å². The molecule has 0 unspecified atom stereocenters. The minimum atomic E-state index is -0.608. The van der Waals surface area contributed by atoms with E-state index in [1.54, 1.807) is 18.3 Å². The Hall–Kier alpha value is -4.02. The number of ether oxygens (including phenoxy) is 1. The Morgan fingerprint density at radius 2 is 1.92 bits per heavy atom. The fourth-order valence-corrected chi connectivity index (χ4v) is 4.51. The molecular weight excluding hydrogens is 484 g/mol. The van der Waals surface area contributed by atoms with E-state index in [0.717, 1.165) is 30.9 Å². The maximum atomic E-state index is 13.7. The van der Waals surface area contributed by atoms with Gasteiger partial charge in [0.25, 0.3) is 5.91 Å². The number of aromatic nitrogens is 5. The highest BCUT2D eigenvalue weighted by Gasteiger charge is 2.35. The molecule has 11 heteroatoms. The molecule has 1 saturated heterocycles. The molecule has 5 rings (SSSR count). The van der Waals surface area contributed by atoms with Gasteiger partial charge in [-0.2, -0.15) is 0 Å². The van der Waals surface area contributed by atoms with Crippen LogP contribution in [0.4, 0.5) is 16.4 Å². The zero-order chi connectivity index (χ0) is 27.2. The summed E-state index contributed by atoms with van der Waals surface area (Å²) in [6, 6.07) is 7.59. The van der Waals surface area contributed by atoms with Crippen LogP contribution in [0.3, 0.4) is 0 Å². The van der Waals surface area contributed by atoms with Crippen molar-refractivity contribution < 1.29 is 14.3 Å². The molecule has 2 aliphatic heterocycles. The van der Waals surface area contributed by atoms with Gasteiger partial charge in [-0.25, -0.2) is 14.8 Å². The van der Waals surface area contributed by atoms with Gasteiger partial charge in [0, 0.05) is 31.7 Å². The Balaban J connectivity index is 1.47. The van der Waals surface area contributed by atoms with Gasteiger partial charge in [0.15, 0.2) is 5.82 Å². The third-order valence-corrected chi connectivity index (χ3v) is 6.63. The Morgan fingerprint density at radius 3 is 2.58 bits per heavy atom. The smallest absolute Gasteiger partial charge is 0.410 e. The molecule has 3 aromatic rings. The molecule has 200 valence electrons. The summed E-state index contributed by atoms with van der Waals surface area (Å²) in [5.74, 6) is 1.79. The molecule has 2 amide bonds. The van der Waals surface area contributed by atoms with Gasteiger partial charge in [-0.1, -0.05) is 6.07 Å². The van der Waals surface area contributed by atoms with Crippen molar-refractivity contribution in [3.8, 4) is 11.5 Å². The summed E-state index contributed by atoms with van der Waals surface area (Å²) in [5.41, 5.74) is 2.11. The Labute approximate surface area is 222 Å². The molecule has 5 heterocycles.